The van der Waals surface area contributed by atoms with Crippen molar-refractivity contribution in [2.45, 2.75) is 20.0 Å². The van der Waals surface area contributed by atoms with Crippen molar-refractivity contribution in [3.05, 3.63) is 29.3 Å². The number of hydrogen-bond donors (Lipinski definition) is 1. The highest BCUT2D eigenvalue weighted by atomic mass is 35.5. The van der Waals surface area contributed by atoms with Crippen LogP contribution in [0.3, 0.4) is 0 Å². The van der Waals surface area contributed by atoms with Crippen molar-refractivity contribution in [3.63, 3.8) is 0 Å². The molecule has 0 radical (unpaired) electrons. The van der Waals surface area contributed by atoms with Crippen LogP contribution in [-0.4, -0.2) is 17.4 Å². The normalized spacial score (nSPS) is 10.2. The van der Waals surface area contributed by atoms with Crippen molar-refractivity contribution >= 4 is 23.4 Å². The van der Waals surface area contributed by atoms with Gasteiger partial charge in [0, 0.05) is 5.02 Å². The zero-order valence-corrected chi connectivity index (χ0v) is 9.23. The van der Waals surface area contributed by atoms with Crippen LogP contribution in [0.25, 0.3) is 0 Å². The van der Waals surface area contributed by atoms with E-state index in [-0.39, 0.29) is 11.8 Å². The molecule has 0 saturated heterocycles. The van der Waals surface area contributed by atoms with Gasteiger partial charge in [0.1, 0.15) is 0 Å². The summed E-state index contributed by atoms with van der Waals surface area (Å²) < 4.78 is 4.80. The monoisotopic (exact) mass is 229 g/mol. The summed E-state index contributed by atoms with van der Waals surface area (Å²) in [5.41, 5.74) is 0.271. The Hall–Kier alpha value is -1.26. The van der Waals surface area contributed by atoms with E-state index in [0.717, 1.165) is 0 Å². The minimum atomic E-state index is -0.827. The maximum atomic E-state index is 11.3. The minimum absolute atomic E-state index is 0.271. The van der Waals surface area contributed by atoms with E-state index in [1.54, 1.807) is 32.0 Å². The fourth-order valence-electron chi connectivity index (χ4n) is 0.965. The molecule has 0 unspecified atom stereocenters. The van der Waals surface area contributed by atoms with Crippen LogP contribution in [0.4, 0.5) is 10.5 Å². The first-order valence-corrected chi connectivity index (χ1v) is 4.83. The molecule has 4 nitrogen and oxygen atoms in total. The molecular weight excluding hydrogens is 218 g/mol. The second kappa shape index (κ2) is 5.00. The number of carbonyl (C=O) groups excluding carboxylic acids is 1. The van der Waals surface area contributed by atoms with Gasteiger partial charge >= 0.3 is 6.09 Å². The molecule has 1 aromatic rings. The number of benzene rings is 1. The highest BCUT2D eigenvalue weighted by Gasteiger charge is 2.15. The Morgan fingerprint density at radius 2 is 2.20 bits per heavy atom. The standard InChI is InChI=1S/C10H12ClNO3/c1-7(2)15-10(13)12(14)9-5-3-4-8(11)6-9/h3-7,14H,1-2H3. The van der Waals surface area contributed by atoms with Gasteiger partial charge in [-0.3, -0.25) is 5.21 Å². The zero-order valence-electron chi connectivity index (χ0n) is 8.48. The van der Waals surface area contributed by atoms with E-state index in [4.69, 9.17) is 16.3 Å². The molecule has 1 N–H and O–H groups in total. The molecule has 0 atom stereocenters. The molecule has 1 amide bonds. The SMILES string of the molecule is CC(C)OC(=O)N(O)c1cccc(Cl)c1. The quantitative estimate of drug-likeness (QED) is 0.626. The van der Waals surface area contributed by atoms with Crippen molar-refractivity contribution in [1.82, 2.24) is 0 Å². The minimum Gasteiger partial charge on any atom is -0.445 e. The van der Waals surface area contributed by atoms with E-state index >= 15 is 0 Å². The average Bonchev–Trinajstić information content (AvgIpc) is 2.15. The van der Waals surface area contributed by atoms with Crippen LogP contribution >= 0.6 is 11.6 Å². The van der Waals surface area contributed by atoms with Gasteiger partial charge < -0.3 is 4.74 Å². The van der Waals surface area contributed by atoms with Crippen LogP contribution in [-0.2, 0) is 4.74 Å². The number of anilines is 1. The molecule has 0 fully saturated rings. The maximum absolute atomic E-state index is 11.3. The third-order valence-corrected chi connectivity index (χ3v) is 1.80. The van der Waals surface area contributed by atoms with E-state index in [1.165, 1.54) is 6.07 Å². The molecule has 0 aromatic heterocycles. The second-order valence-corrected chi connectivity index (χ2v) is 3.66. The van der Waals surface area contributed by atoms with E-state index in [2.05, 4.69) is 0 Å². The molecule has 82 valence electrons. The van der Waals surface area contributed by atoms with Crippen molar-refractivity contribution < 1.29 is 14.7 Å². The highest BCUT2D eigenvalue weighted by molar-refractivity contribution is 6.30. The molecule has 0 aliphatic rings. The maximum Gasteiger partial charge on any atom is 0.438 e. The third kappa shape index (κ3) is 3.42. The topological polar surface area (TPSA) is 49.8 Å². The van der Waals surface area contributed by atoms with Gasteiger partial charge in [-0.1, -0.05) is 17.7 Å². The first-order chi connectivity index (χ1) is 7.00. The number of ether oxygens (including phenoxy) is 1. The number of rotatable bonds is 2. The Balaban J connectivity index is 2.76. The van der Waals surface area contributed by atoms with Crippen LogP contribution in [0, 0.1) is 0 Å². The van der Waals surface area contributed by atoms with E-state index in [0.29, 0.717) is 10.1 Å². The van der Waals surface area contributed by atoms with Gasteiger partial charge in [0.25, 0.3) is 0 Å². The average molecular weight is 230 g/mol. The molecule has 5 heteroatoms. The molecule has 0 bridgehead atoms. The van der Waals surface area contributed by atoms with Crippen molar-refractivity contribution in [3.8, 4) is 0 Å². The predicted octanol–water partition coefficient (Wildman–Crippen LogP) is 3.08. The predicted molar refractivity (Wildman–Crippen MR) is 57.3 cm³/mol. The summed E-state index contributed by atoms with van der Waals surface area (Å²) in [6, 6.07) is 6.28. The van der Waals surface area contributed by atoms with Crippen molar-refractivity contribution in [1.29, 1.82) is 0 Å². The third-order valence-electron chi connectivity index (χ3n) is 1.56. The Kier molecular flexibility index (Phi) is 3.94. The molecule has 0 spiro atoms. The van der Waals surface area contributed by atoms with Gasteiger partial charge in [-0.2, -0.15) is 5.06 Å². The van der Waals surface area contributed by atoms with Gasteiger partial charge in [0.2, 0.25) is 0 Å². The number of hydroxylamine groups is 1. The van der Waals surface area contributed by atoms with E-state index in [9.17, 15) is 10.0 Å². The molecule has 1 rings (SSSR count). The fourth-order valence-corrected chi connectivity index (χ4v) is 1.15. The summed E-state index contributed by atoms with van der Waals surface area (Å²) in [4.78, 5) is 11.3. The lowest BCUT2D eigenvalue weighted by Gasteiger charge is -2.16. The van der Waals surface area contributed by atoms with Crippen LogP contribution in [0.1, 0.15) is 13.8 Å². The Morgan fingerprint density at radius 3 is 2.73 bits per heavy atom. The zero-order chi connectivity index (χ0) is 11.4. The van der Waals surface area contributed by atoms with Crippen LogP contribution in [0.5, 0.6) is 0 Å². The highest BCUT2D eigenvalue weighted by Crippen LogP contribution is 2.18. The lowest BCUT2D eigenvalue weighted by atomic mass is 10.3. The number of hydrogen-bond acceptors (Lipinski definition) is 3. The lowest BCUT2D eigenvalue weighted by molar-refractivity contribution is 0.0948. The summed E-state index contributed by atoms with van der Waals surface area (Å²) in [7, 11) is 0. The van der Waals surface area contributed by atoms with Crippen LogP contribution < -0.4 is 5.06 Å². The molecule has 1 aromatic carbocycles. The molecule has 0 heterocycles. The number of carbonyl (C=O) groups is 1. The first-order valence-electron chi connectivity index (χ1n) is 4.46. The Labute approximate surface area is 93.0 Å². The fraction of sp³-hybridized carbons (Fsp3) is 0.300. The van der Waals surface area contributed by atoms with Gasteiger partial charge in [0.05, 0.1) is 11.8 Å². The van der Waals surface area contributed by atoms with E-state index < -0.39 is 6.09 Å². The molecule has 0 aliphatic heterocycles. The van der Waals surface area contributed by atoms with Gasteiger partial charge in [-0.05, 0) is 32.0 Å². The summed E-state index contributed by atoms with van der Waals surface area (Å²) in [5, 5.41) is 10.3. The largest absolute Gasteiger partial charge is 0.445 e. The Bertz CT molecular complexity index is 354. The van der Waals surface area contributed by atoms with Crippen LogP contribution in [0.15, 0.2) is 24.3 Å². The number of amides is 1. The van der Waals surface area contributed by atoms with Crippen molar-refractivity contribution in [2.75, 3.05) is 5.06 Å². The smallest absolute Gasteiger partial charge is 0.438 e. The summed E-state index contributed by atoms with van der Waals surface area (Å²) in [5.74, 6) is 0. The second-order valence-electron chi connectivity index (χ2n) is 3.22. The Morgan fingerprint density at radius 1 is 1.53 bits per heavy atom. The van der Waals surface area contributed by atoms with E-state index in [1.807, 2.05) is 0 Å². The molecule has 15 heavy (non-hydrogen) atoms. The molecule has 0 aliphatic carbocycles. The van der Waals surface area contributed by atoms with Crippen molar-refractivity contribution in [2.24, 2.45) is 0 Å². The number of halogens is 1. The first kappa shape index (κ1) is 11.8. The number of nitrogens with zero attached hydrogens (tertiary/aromatic N) is 1. The summed E-state index contributed by atoms with van der Waals surface area (Å²) in [6.07, 6.45) is -1.11. The van der Waals surface area contributed by atoms with Crippen LogP contribution in [0.2, 0.25) is 5.02 Å². The van der Waals surface area contributed by atoms with Gasteiger partial charge in [-0.15, -0.1) is 0 Å². The molecule has 0 saturated carbocycles. The summed E-state index contributed by atoms with van der Waals surface area (Å²) in [6.45, 7) is 3.40. The van der Waals surface area contributed by atoms with Gasteiger partial charge in [0.15, 0.2) is 0 Å². The lowest BCUT2D eigenvalue weighted by Crippen LogP contribution is -2.29. The summed E-state index contributed by atoms with van der Waals surface area (Å²) >= 11 is 5.71. The molecular formula is C10H12ClNO3. The van der Waals surface area contributed by atoms with Gasteiger partial charge in [-0.25, -0.2) is 4.79 Å².